The van der Waals surface area contributed by atoms with Crippen molar-refractivity contribution in [1.82, 2.24) is 4.98 Å². The summed E-state index contributed by atoms with van der Waals surface area (Å²) in [7, 11) is 0. The molecule has 72 valence electrons. The van der Waals surface area contributed by atoms with Crippen molar-refractivity contribution in [2.24, 2.45) is 0 Å². The second-order valence-electron chi connectivity index (χ2n) is 3.28. The second-order valence-corrected chi connectivity index (χ2v) is 4.26. The molecule has 0 aliphatic carbocycles. The Morgan fingerprint density at radius 1 is 1.29 bits per heavy atom. The lowest BCUT2D eigenvalue weighted by molar-refractivity contribution is 1.09. The van der Waals surface area contributed by atoms with Crippen molar-refractivity contribution in [1.29, 1.82) is 0 Å². The van der Waals surface area contributed by atoms with Crippen molar-refractivity contribution in [3.8, 4) is 0 Å². The van der Waals surface area contributed by atoms with Crippen LogP contribution >= 0.6 is 11.3 Å². The summed E-state index contributed by atoms with van der Waals surface area (Å²) in [5, 5.41) is 3.22. The molecule has 1 nitrogen and oxygen atoms in total. The molecule has 0 radical (unpaired) electrons. The van der Waals surface area contributed by atoms with Gasteiger partial charge in [-0.25, -0.2) is 4.98 Å². The first-order chi connectivity index (χ1) is 6.88. The Bertz CT molecular complexity index is 392. The topological polar surface area (TPSA) is 12.9 Å². The Hall–Kier alpha value is -1.15. The molecule has 0 amide bonds. The molecule has 1 aromatic heterocycles. The van der Waals surface area contributed by atoms with Gasteiger partial charge in [0.25, 0.3) is 0 Å². The summed E-state index contributed by atoms with van der Waals surface area (Å²) in [5.41, 5.74) is 2.76. The SMILES string of the molecule is CCc1cccc(Cc2nccs2)c1. The average Bonchev–Trinajstić information content (AvgIpc) is 2.71. The van der Waals surface area contributed by atoms with Gasteiger partial charge in [0.15, 0.2) is 0 Å². The van der Waals surface area contributed by atoms with E-state index < -0.39 is 0 Å². The third-order valence-corrected chi connectivity index (χ3v) is 3.02. The molecular formula is C12H13NS. The summed E-state index contributed by atoms with van der Waals surface area (Å²) < 4.78 is 0. The molecule has 0 atom stereocenters. The molecule has 2 rings (SSSR count). The minimum atomic E-state index is 0.964. The van der Waals surface area contributed by atoms with E-state index in [1.54, 1.807) is 11.3 Å². The zero-order valence-electron chi connectivity index (χ0n) is 8.23. The van der Waals surface area contributed by atoms with E-state index >= 15 is 0 Å². The van der Waals surface area contributed by atoms with Gasteiger partial charge in [-0.3, -0.25) is 0 Å². The predicted molar refractivity (Wildman–Crippen MR) is 60.7 cm³/mol. The molecule has 0 fully saturated rings. The number of hydrogen-bond acceptors (Lipinski definition) is 2. The van der Waals surface area contributed by atoms with Crippen molar-refractivity contribution in [2.45, 2.75) is 19.8 Å². The van der Waals surface area contributed by atoms with Gasteiger partial charge in [0.2, 0.25) is 0 Å². The first-order valence-electron chi connectivity index (χ1n) is 4.84. The van der Waals surface area contributed by atoms with E-state index in [2.05, 4.69) is 36.2 Å². The number of rotatable bonds is 3. The number of hydrogen-bond donors (Lipinski definition) is 0. The average molecular weight is 203 g/mol. The number of benzene rings is 1. The van der Waals surface area contributed by atoms with Gasteiger partial charge in [-0.05, 0) is 17.5 Å². The van der Waals surface area contributed by atoms with Crippen LogP contribution in [-0.2, 0) is 12.8 Å². The van der Waals surface area contributed by atoms with E-state index in [1.165, 1.54) is 16.1 Å². The van der Waals surface area contributed by atoms with Crippen LogP contribution in [0.15, 0.2) is 35.8 Å². The number of aromatic nitrogens is 1. The highest BCUT2D eigenvalue weighted by Crippen LogP contribution is 2.13. The van der Waals surface area contributed by atoms with E-state index in [1.807, 2.05) is 11.6 Å². The van der Waals surface area contributed by atoms with Crippen LogP contribution in [0.4, 0.5) is 0 Å². The molecule has 0 saturated carbocycles. The molecule has 0 saturated heterocycles. The van der Waals surface area contributed by atoms with Crippen molar-refractivity contribution in [3.63, 3.8) is 0 Å². The summed E-state index contributed by atoms with van der Waals surface area (Å²) in [4.78, 5) is 4.29. The predicted octanol–water partition coefficient (Wildman–Crippen LogP) is 3.30. The molecule has 0 bridgehead atoms. The summed E-state index contributed by atoms with van der Waals surface area (Å²) in [6, 6.07) is 8.73. The van der Waals surface area contributed by atoms with Crippen molar-refractivity contribution < 1.29 is 0 Å². The zero-order chi connectivity index (χ0) is 9.80. The molecule has 0 N–H and O–H groups in total. The summed E-state index contributed by atoms with van der Waals surface area (Å²) in [6.07, 6.45) is 3.93. The highest BCUT2D eigenvalue weighted by molar-refractivity contribution is 7.09. The normalized spacial score (nSPS) is 10.4. The highest BCUT2D eigenvalue weighted by Gasteiger charge is 1.98. The number of nitrogens with zero attached hydrogens (tertiary/aromatic N) is 1. The first kappa shape index (κ1) is 9.41. The zero-order valence-corrected chi connectivity index (χ0v) is 9.05. The quantitative estimate of drug-likeness (QED) is 0.746. The van der Waals surface area contributed by atoms with Gasteiger partial charge in [-0.1, -0.05) is 31.2 Å². The molecule has 0 aliphatic heterocycles. The maximum Gasteiger partial charge on any atom is 0.0968 e. The van der Waals surface area contributed by atoms with E-state index in [-0.39, 0.29) is 0 Å². The molecule has 14 heavy (non-hydrogen) atoms. The van der Waals surface area contributed by atoms with Crippen molar-refractivity contribution in [2.75, 3.05) is 0 Å². The molecule has 0 unspecified atom stereocenters. The molecule has 2 heteroatoms. The lowest BCUT2D eigenvalue weighted by atomic mass is 10.1. The fourth-order valence-corrected chi connectivity index (χ4v) is 2.12. The Labute approximate surface area is 88.4 Å². The molecule has 1 heterocycles. The maximum absolute atomic E-state index is 4.29. The van der Waals surface area contributed by atoms with E-state index in [9.17, 15) is 0 Å². The summed E-state index contributed by atoms with van der Waals surface area (Å²) >= 11 is 1.72. The van der Waals surface area contributed by atoms with Crippen LogP contribution in [0.25, 0.3) is 0 Å². The van der Waals surface area contributed by atoms with Gasteiger partial charge in [-0.2, -0.15) is 0 Å². The van der Waals surface area contributed by atoms with Gasteiger partial charge in [0, 0.05) is 18.0 Å². The van der Waals surface area contributed by atoms with Crippen molar-refractivity contribution >= 4 is 11.3 Å². The minimum Gasteiger partial charge on any atom is -0.249 e. The van der Waals surface area contributed by atoms with Crippen LogP contribution in [0.2, 0.25) is 0 Å². The van der Waals surface area contributed by atoms with Crippen LogP contribution < -0.4 is 0 Å². The van der Waals surface area contributed by atoms with Crippen LogP contribution in [0, 0.1) is 0 Å². The van der Waals surface area contributed by atoms with Crippen LogP contribution in [0.5, 0.6) is 0 Å². The lowest BCUT2D eigenvalue weighted by Gasteiger charge is -2.01. The fourth-order valence-electron chi connectivity index (χ4n) is 1.47. The Morgan fingerprint density at radius 3 is 2.86 bits per heavy atom. The third kappa shape index (κ3) is 2.20. The monoisotopic (exact) mass is 203 g/mol. The lowest BCUT2D eigenvalue weighted by Crippen LogP contribution is -1.88. The maximum atomic E-state index is 4.29. The highest BCUT2D eigenvalue weighted by atomic mass is 32.1. The summed E-state index contributed by atoms with van der Waals surface area (Å²) in [6.45, 7) is 2.18. The smallest absolute Gasteiger partial charge is 0.0968 e. The second kappa shape index (κ2) is 4.38. The molecule has 0 spiro atoms. The van der Waals surface area contributed by atoms with Gasteiger partial charge >= 0.3 is 0 Å². The summed E-state index contributed by atoms with van der Waals surface area (Å²) in [5.74, 6) is 0. The van der Waals surface area contributed by atoms with Crippen LogP contribution in [-0.4, -0.2) is 4.98 Å². The van der Waals surface area contributed by atoms with Gasteiger partial charge in [0.05, 0.1) is 5.01 Å². The van der Waals surface area contributed by atoms with E-state index in [4.69, 9.17) is 0 Å². The first-order valence-corrected chi connectivity index (χ1v) is 5.72. The van der Waals surface area contributed by atoms with Crippen LogP contribution in [0.3, 0.4) is 0 Å². The standard InChI is InChI=1S/C12H13NS/c1-2-10-4-3-5-11(8-10)9-12-13-6-7-14-12/h3-8H,2,9H2,1H3. The number of aryl methyl sites for hydroxylation is 1. The molecule has 0 aliphatic rings. The minimum absolute atomic E-state index is 0.964. The van der Waals surface area contributed by atoms with Crippen LogP contribution in [0.1, 0.15) is 23.1 Å². The Morgan fingerprint density at radius 2 is 2.14 bits per heavy atom. The molecule has 2 aromatic rings. The molecular weight excluding hydrogens is 190 g/mol. The Kier molecular flexibility index (Phi) is 2.94. The van der Waals surface area contributed by atoms with Gasteiger partial charge in [0.1, 0.15) is 0 Å². The fraction of sp³-hybridized carbons (Fsp3) is 0.250. The largest absolute Gasteiger partial charge is 0.249 e. The van der Waals surface area contributed by atoms with Gasteiger partial charge < -0.3 is 0 Å². The van der Waals surface area contributed by atoms with E-state index in [0.29, 0.717) is 0 Å². The molecule has 1 aromatic carbocycles. The number of thiazole rings is 1. The van der Waals surface area contributed by atoms with Gasteiger partial charge in [-0.15, -0.1) is 11.3 Å². The third-order valence-electron chi connectivity index (χ3n) is 2.24. The Balaban J connectivity index is 2.17. The van der Waals surface area contributed by atoms with E-state index in [0.717, 1.165) is 12.8 Å². The van der Waals surface area contributed by atoms with Crippen molar-refractivity contribution in [3.05, 3.63) is 52.0 Å².